The van der Waals surface area contributed by atoms with Gasteiger partial charge >= 0.3 is 0 Å². The third-order valence-electron chi connectivity index (χ3n) is 2.83. The zero-order valence-corrected chi connectivity index (χ0v) is 10.5. The Labute approximate surface area is 105 Å². The fourth-order valence-corrected chi connectivity index (χ4v) is 1.77. The molecule has 1 amide bonds. The fraction of sp³-hybridized carbons (Fsp3) is 0.583. The lowest BCUT2D eigenvalue weighted by atomic mass is 10.4. The Kier molecular flexibility index (Phi) is 3.96. The summed E-state index contributed by atoms with van der Waals surface area (Å²) in [7, 11) is 0. The van der Waals surface area contributed by atoms with E-state index in [0.29, 0.717) is 31.4 Å². The summed E-state index contributed by atoms with van der Waals surface area (Å²) in [4.78, 5) is 27.3. The fourth-order valence-electron chi connectivity index (χ4n) is 1.77. The number of nitrogens with zero attached hydrogens (tertiary/aromatic N) is 2. The van der Waals surface area contributed by atoms with Gasteiger partial charge in [-0.05, 0) is 19.8 Å². The van der Waals surface area contributed by atoms with Crippen LogP contribution in [0.3, 0.4) is 0 Å². The number of hydrogen-bond donors (Lipinski definition) is 2. The lowest BCUT2D eigenvalue weighted by Gasteiger charge is -2.07. The number of carbonyl (C=O) groups excluding carboxylic acids is 1. The Morgan fingerprint density at radius 2 is 2.33 bits per heavy atom. The smallest absolute Gasteiger partial charge is 0.293 e. The van der Waals surface area contributed by atoms with Crippen molar-refractivity contribution >= 4 is 11.7 Å². The van der Waals surface area contributed by atoms with Crippen molar-refractivity contribution in [3.05, 3.63) is 22.7 Å². The lowest BCUT2D eigenvalue weighted by Crippen LogP contribution is -2.27. The minimum absolute atomic E-state index is 0.0246. The average Bonchev–Trinajstić information content (AvgIpc) is 3.16. The zero-order chi connectivity index (χ0) is 13.0. The van der Waals surface area contributed by atoms with Crippen LogP contribution in [0.5, 0.6) is 0 Å². The maximum absolute atomic E-state index is 12.0. The van der Waals surface area contributed by atoms with Crippen LogP contribution in [0, 0.1) is 0 Å². The van der Waals surface area contributed by atoms with Crippen LogP contribution in [-0.2, 0) is 4.79 Å². The topological polar surface area (TPSA) is 76.0 Å². The van der Waals surface area contributed by atoms with Crippen LogP contribution in [0.4, 0.5) is 5.82 Å². The summed E-state index contributed by atoms with van der Waals surface area (Å²) in [6.07, 6.45) is 5.79. The second-order valence-electron chi connectivity index (χ2n) is 4.35. The zero-order valence-electron chi connectivity index (χ0n) is 10.5. The van der Waals surface area contributed by atoms with Gasteiger partial charge in [0.05, 0.1) is 0 Å². The molecule has 18 heavy (non-hydrogen) atoms. The molecule has 1 heterocycles. The third-order valence-corrected chi connectivity index (χ3v) is 2.83. The molecular weight excluding hydrogens is 232 g/mol. The molecule has 1 fully saturated rings. The Balaban J connectivity index is 1.91. The number of nitrogens with one attached hydrogen (secondary N) is 2. The van der Waals surface area contributed by atoms with E-state index in [2.05, 4.69) is 15.6 Å². The average molecular weight is 250 g/mol. The first-order valence-corrected chi connectivity index (χ1v) is 6.30. The first-order chi connectivity index (χ1) is 8.72. The van der Waals surface area contributed by atoms with Crippen molar-refractivity contribution < 1.29 is 4.79 Å². The van der Waals surface area contributed by atoms with Gasteiger partial charge in [-0.15, -0.1) is 0 Å². The van der Waals surface area contributed by atoms with E-state index < -0.39 is 0 Å². The highest BCUT2D eigenvalue weighted by atomic mass is 16.1. The standard InChI is InChI=1S/C12H18N4O2/c1-2-13-10(17)5-6-14-11-12(18)16(8-7-15-11)9-3-4-9/h7-9H,2-6H2,1H3,(H,13,17)(H,14,15). The van der Waals surface area contributed by atoms with Crippen molar-refractivity contribution in [3.8, 4) is 0 Å². The Morgan fingerprint density at radius 1 is 1.56 bits per heavy atom. The molecule has 0 aliphatic heterocycles. The number of anilines is 1. The van der Waals surface area contributed by atoms with Gasteiger partial charge in [0.1, 0.15) is 0 Å². The Bertz CT molecular complexity index is 479. The summed E-state index contributed by atoms with van der Waals surface area (Å²) < 4.78 is 1.71. The normalized spacial score (nSPS) is 14.3. The summed E-state index contributed by atoms with van der Waals surface area (Å²) >= 11 is 0. The molecular formula is C12H18N4O2. The van der Waals surface area contributed by atoms with Gasteiger partial charge in [0.25, 0.3) is 5.56 Å². The molecule has 6 nitrogen and oxygen atoms in total. The number of carbonyl (C=O) groups is 1. The van der Waals surface area contributed by atoms with Crippen LogP contribution in [0.1, 0.15) is 32.2 Å². The SMILES string of the molecule is CCNC(=O)CCNc1nccn(C2CC2)c1=O. The van der Waals surface area contributed by atoms with Gasteiger partial charge < -0.3 is 15.2 Å². The molecule has 1 aromatic heterocycles. The highest BCUT2D eigenvalue weighted by molar-refractivity contribution is 5.76. The molecule has 6 heteroatoms. The maximum atomic E-state index is 12.0. The molecule has 2 N–H and O–H groups in total. The third kappa shape index (κ3) is 3.09. The van der Waals surface area contributed by atoms with Crippen LogP contribution >= 0.6 is 0 Å². The number of rotatable bonds is 6. The van der Waals surface area contributed by atoms with Crippen molar-refractivity contribution in [2.24, 2.45) is 0 Å². The molecule has 0 radical (unpaired) electrons. The van der Waals surface area contributed by atoms with E-state index >= 15 is 0 Å². The van der Waals surface area contributed by atoms with Crippen molar-refractivity contribution in [2.45, 2.75) is 32.2 Å². The van der Waals surface area contributed by atoms with Crippen molar-refractivity contribution in [3.63, 3.8) is 0 Å². The second kappa shape index (κ2) is 5.66. The minimum Gasteiger partial charge on any atom is -0.365 e. The summed E-state index contributed by atoms with van der Waals surface area (Å²) in [5, 5.41) is 5.62. The molecule has 1 aromatic rings. The monoisotopic (exact) mass is 250 g/mol. The summed E-state index contributed by atoms with van der Waals surface area (Å²) in [5.74, 6) is 0.303. The predicted octanol–water partition coefficient (Wildman–Crippen LogP) is 0.516. The predicted molar refractivity (Wildman–Crippen MR) is 68.6 cm³/mol. The van der Waals surface area contributed by atoms with Crippen molar-refractivity contribution in [2.75, 3.05) is 18.4 Å². The van der Waals surface area contributed by atoms with E-state index in [9.17, 15) is 9.59 Å². The van der Waals surface area contributed by atoms with Crippen LogP contribution in [0.2, 0.25) is 0 Å². The molecule has 0 aromatic carbocycles. The summed E-state index contributed by atoms with van der Waals surface area (Å²) in [6, 6.07) is 0.337. The first-order valence-electron chi connectivity index (χ1n) is 6.30. The van der Waals surface area contributed by atoms with Crippen molar-refractivity contribution in [1.82, 2.24) is 14.9 Å². The molecule has 0 saturated heterocycles. The first kappa shape index (κ1) is 12.6. The van der Waals surface area contributed by atoms with E-state index in [0.717, 1.165) is 12.8 Å². The van der Waals surface area contributed by atoms with Gasteiger partial charge in [-0.3, -0.25) is 9.59 Å². The van der Waals surface area contributed by atoms with Gasteiger partial charge in [0, 0.05) is 37.9 Å². The van der Waals surface area contributed by atoms with Crippen molar-refractivity contribution in [1.29, 1.82) is 0 Å². The quantitative estimate of drug-likeness (QED) is 0.771. The van der Waals surface area contributed by atoms with Crippen LogP contribution in [0.25, 0.3) is 0 Å². The van der Waals surface area contributed by atoms with E-state index in [1.54, 1.807) is 17.0 Å². The van der Waals surface area contributed by atoms with Gasteiger partial charge in [-0.2, -0.15) is 0 Å². The number of aromatic nitrogens is 2. The number of hydrogen-bond acceptors (Lipinski definition) is 4. The molecule has 0 spiro atoms. The number of amides is 1. The molecule has 1 aliphatic carbocycles. The second-order valence-corrected chi connectivity index (χ2v) is 4.35. The van der Waals surface area contributed by atoms with Crippen LogP contribution in [0.15, 0.2) is 17.2 Å². The summed E-state index contributed by atoms with van der Waals surface area (Å²) in [5.41, 5.74) is -0.101. The molecule has 0 bridgehead atoms. The molecule has 0 unspecified atom stereocenters. The van der Waals surface area contributed by atoms with E-state index in [4.69, 9.17) is 0 Å². The minimum atomic E-state index is -0.101. The van der Waals surface area contributed by atoms with Gasteiger partial charge in [-0.25, -0.2) is 4.98 Å². The van der Waals surface area contributed by atoms with E-state index in [1.165, 1.54) is 0 Å². The van der Waals surface area contributed by atoms with E-state index in [-0.39, 0.29) is 11.5 Å². The van der Waals surface area contributed by atoms with Gasteiger partial charge in [0.15, 0.2) is 5.82 Å². The van der Waals surface area contributed by atoms with Gasteiger partial charge in [-0.1, -0.05) is 0 Å². The molecule has 2 rings (SSSR count). The Morgan fingerprint density at radius 3 is 3.00 bits per heavy atom. The van der Waals surface area contributed by atoms with Gasteiger partial charge in [0.2, 0.25) is 5.91 Å². The highest BCUT2D eigenvalue weighted by Gasteiger charge is 2.25. The molecule has 1 saturated carbocycles. The maximum Gasteiger partial charge on any atom is 0.293 e. The summed E-state index contributed by atoms with van der Waals surface area (Å²) in [6.45, 7) is 2.91. The van der Waals surface area contributed by atoms with Crippen LogP contribution < -0.4 is 16.2 Å². The Hall–Kier alpha value is -1.85. The van der Waals surface area contributed by atoms with E-state index in [1.807, 2.05) is 6.92 Å². The molecule has 98 valence electrons. The molecule has 0 atom stereocenters. The molecule has 1 aliphatic rings. The van der Waals surface area contributed by atoms with Crippen LogP contribution in [-0.4, -0.2) is 28.5 Å². The lowest BCUT2D eigenvalue weighted by molar-refractivity contribution is -0.120. The highest BCUT2D eigenvalue weighted by Crippen LogP contribution is 2.33. The largest absolute Gasteiger partial charge is 0.365 e.